The van der Waals surface area contributed by atoms with E-state index in [1.165, 1.54) is 21.6 Å². The van der Waals surface area contributed by atoms with Crippen LogP contribution in [-0.2, 0) is 9.59 Å². The molecule has 3 rings (SSSR count). The minimum atomic E-state index is -4.41. The largest absolute Gasteiger partial charge is 0.405 e. The molecule has 3 aliphatic rings. The summed E-state index contributed by atoms with van der Waals surface area (Å²) in [6.45, 7) is 1.12. The van der Waals surface area contributed by atoms with Crippen molar-refractivity contribution in [2.45, 2.75) is 37.5 Å². The van der Waals surface area contributed by atoms with Crippen LogP contribution in [0.1, 0.15) is 19.3 Å². The summed E-state index contributed by atoms with van der Waals surface area (Å²) in [5.74, 6) is 0.346. The van der Waals surface area contributed by atoms with Crippen molar-refractivity contribution in [2.24, 2.45) is 5.92 Å². The monoisotopic (exact) mass is 430 g/mol. The van der Waals surface area contributed by atoms with Gasteiger partial charge in [0.05, 0.1) is 5.88 Å². The number of alkyl halides is 3. The Bertz CT molecular complexity index is 530. The molecule has 2 amide bonds. The lowest BCUT2D eigenvalue weighted by atomic mass is 9.84. The van der Waals surface area contributed by atoms with E-state index >= 15 is 0 Å². The first-order chi connectivity index (χ1) is 12.4. The fraction of sp³-hybridized carbons (Fsp3) is 0.875. The number of hydrogen-bond donors (Lipinski definition) is 2. The third kappa shape index (κ3) is 5.42. The van der Waals surface area contributed by atoms with Crippen molar-refractivity contribution in [2.75, 3.05) is 44.4 Å². The maximum atomic E-state index is 13.4. The van der Waals surface area contributed by atoms with Crippen molar-refractivity contribution in [3.8, 4) is 0 Å². The number of amides is 2. The topological polar surface area (TPSA) is 64.7 Å². The first-order valence-corrected chi connectivity index (χ1v) is 10.2. The van der Waals surface area contributed by atoms with Crippen molar-refractivity contribution in [3.63, 3.8) is 0 Å². The van der Waals surface area contributed by atoms with Crippen LogP contribution in [0.5, 0.6) is 0 Å². The maximum absolute atomic E-state index is 13.4. The second kappa shape index (κ2) is 9.67. The molecule has 0 aromatic heterocycles. The zero-order valence-corrected chi connectivity index (χ0v) is 16.6. The van der Waals surface area contributed by atoms with Gasteiger partial charge in [0.15, 0.2) is 0 Å². The van der Waals surface area contributed by atoms with Crippen LogP contribution in [0.15, 0.2) is 0 Å². The van der Waals surface area contributed by atoms with Crippen molar-refractivity contribution < 1.29 is 22.8 Å². The molecular weight excluding hydrogens is 405 g/mol. The summed E-state index contributed by atoms with van der Waals surface area (Å²) in [6, 6.07) is -2.36. The van der Waals surface area contributed by atoms with Crippen molar-refractivity contribution in [3.05, 3.63) is 0 Å². The van der Waals surface area contributed by atoms with Crippen LogP contribution in [0.4, 0.5) is 13.2 Å². The highest BCUT2D eigenvalue weighted by molar-refractivity contribution is 7.99. The average molecular weight is 431 g/mol. The van der Waals surface area contributed by atoms with E-state index < -0.39 is 30.7 Å². The van der Waals surface area contributed by atoms with Gasteiger partial charge in [0.2, 0.25) is 11.8 Å². The van der Waals surface area contributed by atoms with Gasteiger partial charge in [0.1, 0.15) is 12.1 Å². The number of rotatable bonds is 5. The molecule has 1 aliphatic carbocycles. The molecule has 2 heterocycles. The van der Waals surface area contributed by atoms with Gasteiger partial charge in [-0.05, 0) is 12.8 Å². The van der Waals surface area contributed by atoms with Gasteiger partial charge in [-0.25, -0.2) is 0 Å². The molecule has 3 fully saturated rings. The molecule has 2 unspecified atom stereocenters. The van der Waals surface area contributed by atoms with Gasteiger partial charge in [0.25, 0.3) is 0 Å². The molecule has 27 heavy (non-hydrogen) atoms. The molecule has 6 nitrogen and oxygen atoms in total. The first kappa shape index (κ1) is 22.6. The van der Waals surface area contributed by atoms with E-state index in [0.717, 1.165) is 19.3 Å². The van der Waals surface area contributed by atoms with E-state index in [9.17, 15) is 22.8 Å². The summed E-state index contributed by atoms with van der Waals surface area (Å²) >= 11 is 1.47. The number of piperazine rings is 1. The number of carbonyl (C=O) groups is 2. The summed E-state index contributed by atoms with van der Waals surface area (Å²) in [5.41, 5.74) is 0. The lowest BCUT2D eigenvalue weighted by Gasteiger charge is -2.36. The van der Waals surface area contributed by atoms with Crippen LogP contribution in [0.25, 0.3) is 0 Å². The Morgan fingerprint density at radius 3 is 2.44 bits per heavy atom. The Labute approximate surface area is 167 Å². The fourth-order valence-corrected chi connectivity index (χ4v) is 4.69. The van der Waals surface area contributed by atoms with Crippen LogP contribution in [0.3, 0.4) is 0 Å². The van der Waals surface area contributed by atoms with Gasteiger partial charge in [-0.1, -0.05) is 6.42 Å². The first-order valence-electron chi connectivity index (χ1n) is 9.05. The van der Waals surface area contributed by atoms with Crippen LogP contribution in [0.2, 0.25) is 0 Å². The molecule has 0 aromatic carbocycles. The Kier molecular flexibility index (Phi) is 8.08. The maximum Gasteiger partial charge on any atom is 0.405 e. The molecule has 156 valence electrons. The number of thioether (sulfide) groups is 1. The van der Waals surface area contributed by atoms with Gasteiger partial charge in [-0.3, -0.25) is 14.5 Å². The van der Waals surface area contributed by atoms with Crippen molar-refractivity contribution in [1.82, 2.24) is 20.4 Å². The van der Waals surface area contributed by atoms with Gasteiger partial charge in [0, 0.05) is 44.4 Å². The lowest BCUT2D eigenvalue weighted by molar-refractivity contribution is -0.184. The van der Waals surface area contributed by atoms with Gasteiger partial charge >= 0.3 is 6.18 Å². The van der Waals surface area contributed by atoms with Crippen LogP contribution >= 0.6 is 24.2 Å². The zero-order valence-electron chi connectivity index (χ0n) is 15.0. The SMILES string of the molecule is Cl.O=C(NCC(N1CCNCC1)C(F)(F)F)C1CSCN1C(=O)C1CCC1. The molecule has 2 N–H and O–H groups in total. The summed E-state index contributed by atoms with van der Waals surface area (Å²) in [6.07, 6.45) is -1.70. The van der Waals surface area contributed by atoms with Crippen LogP contribution < -0.4 is 10.6 Å². The molecule has 0 bridgehead atoms. The average Bonchev–Trinajstić information content (AvgIpc) is 3.02. The van der Waals surface area contributed by atoms with Crippen molar-refractivity contribution >= 4 is 36.0 Å². The van der Waals surface area contributed by atoms with E-state index in [-0.39, 0.29) is 24.2 Å². The molecule has 2 saturated heterocycles. The minimum absolute atomic E-state index is 0. The third-order valence-electron chi connectivity index (χ3n) is 5.36. The summed E-state index contributed by atoms with van der Waals surface area (Å²) in [4.78, 5) is 27.8. The minimum Gasteiger partial charge on any atom is -0.352 e. The summed E-state index contributed by atoms with van der Waals surface area (Å²) < 4.78 is 40.2. The van der Waals surface area contributed by atoms with Crippen molar-refractivity contribution in [1.29, 1.82) is 0 Å². The zero-order chi connectivity index (χ0) is 18.7. The Balaban J connectivity index is 0.00000261. The number of nitrogens with zero attached hydrogens (tertiary/aromatic N) is 2. The van der Waals surface area contributed by atoms with Crippen LogP contribution in [0, 0.1) is 5.92 Å². The Morgan fingerprint density at radius 1 is 1.22 bits per heavy atom. The summed E-state index contributed by atoms with van der Waals surface area (Å²) in [5, 5.41) is 5.49. The summed E-state index contributed by atoms with van der Waals surface area (Å²) in [7, 11) is 0. The second-order valence-corrected chi connectivity index (χ2v) is 8.04. The predicted octanol–water partition coefficient (Wildman–Crippen LogP) is 1.06. The molecule has 0 spiro atoms. The molecule has 1 saturated carbocycles. The van der Waals surface area contributed by atoms with Gasteiger partial charge in [-0.2, -0.15) is 13.2 Å². The third-order valence-corrected chi connectivity index (χ3v) is 6.37. The van der Waals surface area contributed by atoms with E-state index in [1.54, 1.807) is 0 Å². The van der Waals surface area contributed by atoms with Gasteiger partial charge in [-0.15, -0.1) is 24.2 Å². The fourth-order valence-electron chi connectivity index (χ4n) is 3.53. The highest BCUT2D eigenvalue weighted by Crippen LogP contribution is 2.32. The van der Waals surface area contributed by atoms with Gasteiger partial charge < -0.3 is 15.5 Å². The van der Waals surface area contributed by atoms with Crippen LogP contribution in [-0.4, -0.2) is 84.2 Å². The molecule has 2 aliphatic heterocycles. The number of nitrogens with one attached hydrogen (secondary N) is 2. The molecule has 11 heteroatoms. The normalized spacial score (nSPS) is 25.4. The quantitative estimate of drug-likeness (QED) is 0.683. The highest BCUT2D eigenvalue weighted by atomic mass is 35.5. The van der Waals surface area contributed by atoms with E-state index in [4.69, 9.17) is 0 Å². The van der Waals surface area contributed by atoms with E-state index in [2.05, 4.69) is 10.6 Å². The Morgan fingerprint density at radius 2 is 1.89 bits per heavy atom. The highest BCUT2D eigenvalue weighted by Gasteiger charge is 2.45. The number of halogens is 4. The standard InChI is InChI=1S/C16H25F3N4O2S.ClH/c17-16(18,19)13(22-6-4-20-5-7-22)8-21-14(24)12-9-26-10-23(12)15(25)11-2-1-3-11;/h11-13,20H,1-10H2,(H,21,24);1H. The Hall–Kier alpha value is -0.710. The molecular formula is C16H26ClF3N4O2S. The molecule has 0 aromatic rings. The lowest BCUT2D eigenvalue weighted by Crippen LogP contribution is -2.59. The predicted molar refractivity (Wildman–Crippen MR) is 99.8 cm³/mol. The number of hydrogen-bond acceptors (Lipinski definition) is 5. The smallest absolute Gasteiger partial charge is 0.352 e. The number of carbonyl (C=O) groups excluding carboxylic acids is 2. The van der Waals surface area contributed by atoms with E-state index in [1.807, 2.05) is 0 Å². The van der Waals surface area contributed by atoms with E-state index in [0.29, 0.717) is 37.8 Å². The molecule has 2 atom stereocenters. The molecule has 0 radical (unpaired) electrons. The second-order valence-electron chi connectivity index (χ2n) is 7.04.